The van der Waals surface area contributed by atoms with Gasteiger partial charge in [0.1, 0.15) is 23.8 Å². The standard InChI is InChI=1S/C14H20N6/c1-4-6-16-13-10(2)14(20-11(3)19-13)17-8-12-5-7-15-9-18-12/h5,7,9H,4,6,8H2,1-3H3,(H2,16,17,19,20). The van der Waals surface area contributed by atoms with Crippen molar-refractivity contribution in [3.05, 3.63) is 35.7 Å². The van der Waals surface area contributed by atoms with E-state index in [-0.39, 0.29) is 0 Å². The molecule has 20 heavy (non-hydrogen) atoms. The molecule has 6 nitrogen and oxygen atoms in total. The van der Waals surface area contributed by atoms with Gasteiger partial charge in [0.2, 0.25) is 0 Å². The number of hydrogen-bond donors (Lipinski definition) is 2. The van der Waals surface area contributed by atoms with E-state index in [4.69, 9.17) is 0 Å². The molecule has 0 spiro atoms. The Bertz CT molecular complexity index is 555. The van der Waals surface area contributed by atoms with E-state index in [1.165, 1.54) is 0 Å². The zero-order valence-corrected chi connectivity index (χ0v) is 12.1. The van der Waals surface area contributed by atoms with Crippen LogP contribution < -0.4 is 10.6 Å². The normalized spacial score (nSPS) is 10.3. The molecule has 0 aliphatic carbocycles. The Balaban J connectivity index is 2.12. The van der Waals surface area contributed by atoms with Gasteiger partial charge in [0.25, 0.3) is 0 Å². The van der Waals surface area contributed by atoms with Crippen molar-refractivity contribution < 1.29 is 0 Å². The van der Waals surface area contributed by atoms with Crippen LogP contribution >= 0.6 is 0 Å². The summed E-state index contributed by atoms with van der Waals surface area (Å²) in [6.07, 6.45) is 4.34. The molecular formula is C14H20N6. The number of nitrogens with zero attached hydrogens (tertiary/aromatic N) is 4. The summed E-state index contributed by atoms with van der Waals surface area (Å²) in [4.78, 5) is 17.0. The van der Waals surface area contributed by atoms with E-state index in [0.29, 0.717) is 6.54 Å². The summed E-state index contributed by atoms with van der Waals surface area (Å²) in [6.45, 7) is 7.56. The predicted octanol–water partition coefficient (Wildman–Crippen LogP) is 2.32. The first-order chi connectivity index (χ1) is 9.70. The highest BCUT2D eigenvalue weighted by Crippen LogP contribution is 2.20. The molecule has 0 amide bonds. The molecule has 0 radical (unpaired) electrons. The van der Waals surface area contributed by atoms with Gasteiger partial charge in [-0.2, -0.15) is 0 Å². The highest BCUT2D eigenvalue weighted by molar-refractivity contribution is 5.57. The van der Waals surface area contributed by atoms with Gasteiger partial charge in [0, 0.05) is 18.3 Å². The maximum absolute atomic E-state index is 4.45. The number of anilines is 2. The first-order valence-corrected chi connectivity index (χ1v) is 6.78. The van der Waals surface area contributed by atoms with Crippen LogP contribution in [0.1, 0.15) is 30.4 Å². The van der Waals surface area contributed by atoms with Crippen molar-refractivity contribution in [3.8, 4) is 0 Å². The molecule has 2 heterocycles. The molecule has 0 bridgehead atoms. The van der Waals surface area contributed by atoms with E-state index in [2.05, 4.69) is 37.5 Å². The highest BCUT2D eigenvalue weighted by atomic mass is 15.1. The van der Waals surface area contributed by atoms with Crippen LogP contribution in [-0.2, 0) is 6.54 Å². The smallest absolute Gasteiger partial charge is 0.135 e. The molecule has 106 valence electrons. The Labute approximate surface area is 119 Å². The van der Waals surface area contributed by atoms with E-state index in [9.17, 15) is 0 Å². The molecule has 2 rings (SSSR count). The van der Waals surface area contributed by atoms with Gasteiger partial charge in [-0.05, 0) is 26.3 Å². The van der Waals surface area contributed by atoms with Crippen molar-refractivity contribution in [1.29, 1.82) is 0 Å². The molecule has 2 aromatic rings. The molecule has 2 N–H and O–H groups in total. The maximum Gasteiger partial charge on any atom is 0.135 e. The molecule has 0 fully saturated rings. The van der Waals surface area contributed by atoms with Crippen LogP contribution in [0.4, 0.5) is 11.6 Å². The number of rotatable bonds is 6. The summed E-state index contributed by atoms with van der Waals surface area (Å²) in [5.74, 6) is 2.48. The van der Waals surface area contributed by atoms with Gasteiger partial charge in [-0.1, -0.05) is 6.92 Å². The molecular weight excluding hydrogens is 252 g/mol. The quantitative estimate of drug-likeness (QED) is 0.840. The molecule has 0 aliphatic rings. The van der Waals surface area contributed by atoms with Crippen LogP contribution in [0.25, 0.3) is 0 Å². The van der Waals surface area contributed by atoms with Crippen LogP contribution in [-0.4, -0.2) is 26.5 Å². The minimum atomic E-state index is 0.618. The molecule has 0 aromatic carbocycles. The lowest BCUT2D eigenvalue weighted by molar-refractivity contribution is 0.936. The third-order valence-corrected chi connectivity index (χ3v) is 2.88. The van der Waals surface area contributed by atoms with Crippen LogP contribution in [0.2, 0.25) is 0 Å². The van der Waals surface area contributed by atoms with Crippen molar-refractivity contribution in [1.82, 2.24) is 19.9 Å². The van der Waals surface area contributed by atoms with Crippen LogP contribution in [0.15, 0.2) is 18.6 Å². The second-order valence-electron chi connectivity index (χ2n) is 4.57. The molecule has 0 saturated heterocycles. The number of hydrogen-bond acceptors (Lipinski definition) is 6. The summed E-state index contributed by atoms with van der Waals surface area (Å²) in [6, 6.07) is 1.88. The largest absolute Gasteiger partial charge is 0.370 e. The lowest BCUT2D eigenvalue weighted by atomic mass is 10.3. The van der Waals surface area contributed by atoms with Crippen LogP contribution in [0.5, 0.6) is 0 Å². The summed E-state index contributed by atoms with van der Waals surface area (Å²) in [5, 5.41) is 6.63. The molecule has 0 atom stereocenters. The van der Waals surface area contributed by atoms with Gasteiger partial charge in [0.15, 0.2) is 0 Å². The lowest BCUT2D eigenvalue weighted by Crippen LogP contribution is -2.11. The summed E-state index contributed by atoms with van der Waals surface area (Å²) >= 11 is 0. The van der Waals surface area contributed by atoms with Crippen LogP contribution in [0.3, 0.4) is 0 Å². The Hall–Kier alpha value is -2.24. The zero-order valence-electron chi connectivity index (χ0n) is 12.1. The fraction of sp³-hybridized carbons (Fsp3) is 0.429. The van der Waals surface area contributed by atoms with Crippen molar-refractivity contribution in [2.75, 3.05) is 17.2 Å². The van der Waals surface area contributed by atoms with Crippen molar-refractivity contribution in [2.24, 2.45) is 0 Å². The second-order valence-corrected chi connectivity index (χ2v) is 4.57. The first-order valence-electron chi connectivity index (χ1n) is 6.78. The SMILES string of the molecule is CCCNc1nc(C)nc(NCc2ccncn2)c1C. The van der Waals surface area contributed by atoms with E-state index in [0.717, 1.165) is 41.7 Å². The minimum Gasteiger partial charge on any atom is -0.370 e. The Morgan fingerprint density at radius 1 is 1.10 bits per heavy atom. The fourth-order valence-electron chi connectivity index (χ4n) is 1.81. The van der Waals surface area contributed by atoms with Crippen molar-refractivity contribution >= 4 is 11.6 Å². The summed E-state index contributed by atoms with van der Waals surface area (Å²) in [5.41, 5.74) is 1.96. The van der Waals surface area contributed by atoms with Gasteiger partial charge >= 0.3 is 0 Å². The molecule has 0 unspecified atom stereocenters. The first kappa shape index (κ1) is 14.2. The van der Waals surface area contributed by atoms with Gasteiger partial charge in [0.05, 0.1) is 12.2 Å². The lowest BCUT2D eigenvalue weighted by Gasteiger charge is -2.13. The highest BCUT2D eigenvalue weighted by Gasteiger charge is 2.08. The maximum atomic E-state index is 4.45. The predicted molar refractivity (Wildman–Crippen MR) is 79.6 cm³/mol. The van der Waals surface area contributed by atoms with E-state index in [1.807, 2.05) is 19.9 Å². The van der Waals surface area contributed by atoms with Crippen molar-refractivity contribution in [2.45, 2.75) is 33.7 Å². The second kappa shape index (κ2) is 6.79. The molecule has 0 saturated carbocycles. The number of aryl methyl sites for hydroxylation is 1. The van der Waals surface area contributed by atoms with Gasteiger partial charge in [-0.3, -0.25) is 0 Å². The molecule has 0 aliphatic heterocycles. The third kappa shape index (κ3) is 3.63. The molecule has 2 aromatic heterocycles. The Kier molecular flexibility index (Phi) is 4.81. The fourth-order valence-corrected chi connectivity index (χ4v) is 1.81. The molecule has 6 heteroatoms. The van der Waals surface area contributed by atoms with E-state index in [1.54, 1.807) is 12.5 Å². The summed E-state index contributed by atoms with van der Waals surface area (Å²) < 4.78 is 0. The monoisotopic (exact) mass is 272 g/mol. The Morgan fingerprint density at radius 2 is 1.85 bits per heavy atom. The number of aromatic nitrogens is 4. The average molecular weight is 272 g/mol. The zero-order chi connectivity index (χ0) is 14.4. The van der Waals surface area contributed by atoms with Crippen molar-refractivity contribution in [3.63, 3.8) is 0 Å². The van der Waals surface area contributed by atoms with E-state index >= 15 is 0 Å². The van der Waals surface area contributed by atoms with E-state index < -0.39 is 0 Å². The average Bonchev–Trinajstić information content (AvgIpc) is 2.47. The minimum absolute atomic E-state index is 0.618. The van der Waals surface area contributed by atoms with Gasteiger partial charge in [-0.25, -0.2) is 19.9 Å². The van der Waals surface area contributed by atoms with Gasteiger partial charge < -0.3 is 10.6 Å². The summed E-state index contributed by atoms with van der Waals surface area (Å²) in [7, 11) is 0. The van der Waals surface area contributed by atoms with Crippen LogP contribution in [0, 0.1) is 13.8 Å². The Morgan fingerprint density at radius 3 is 2.50 bits per heavy atom. The number of nitrogens with one attached hydrogen (secondary N) is 2. The van der Waals surface area contributed by atoms with Gasteiger partial charge in [-0.15, -0.1) is 0 Å². The topological polar surface area (TPSA) is 75.6 Å². The third-order valence-electron chi connectivity index (χ3n) is 2.88.